The number of hydrogen-bond acceptors (Lipinski definition) is 3. The molecular formula is C16H27NO2. The fourth-order valence-corrected chi connectivity index (χ4v) is 1.91. The second-order valence-corrected chi connectivity index (χ2v) is 5.04. The number of methoxy groups -OCH3 is 1. The summed E-state index contributed by atoms with van der Waals surface area (Å²) in [5.74, 6) is 0.953. The number of benzene rings is 1. The number of hydrogen-bond donors (Lipinski definition) is 1. The maximum atomic E-state index is 5.68. The number of unbranched alkanes of at least 4 members (excludes halogenated alkanes) is 2. The van der Waals surface area contributed by atoms with Gasteiger partial charge in [-0.3, -0.25) is 0 Å². The molecule has 3 heteroatoms. The lowest BCUT2D eigenvalue weighted by Crippen LogP contribution is -2.15. The van der Waals surface area contributed by atoms with E-state index in [2.05, 4.69) is 17.4 Å². The molecule has 0 heterocycles. The number of ether oxygens (including phenoxy) is 2. The largest absolute Gasteiger partial charge is 0.491 e. The van der Waals surface area contributed by atoms with E-state index in [9.17, 15) is 0 Å². The zero-order chi connectivity index (χ0) is 13.9. The van der Waals surface area contributed by atoms with E-state index in [1.807, 2.05) is 26.0 Å². The molecule has 0 atom stereocenters. The van der Waals surface area contributed by atoms with Crippen LogP contribution in [0.5, 0.6) is 5.75 Å². The van der Waals surface area contributed by atoms with E-state index in [1.165, 1.54) is 18.4 Å². The highest BCUT2D eigenvalue weighted by molar-refractivity contribution is 5.28. The third kappa shape index (κ3) is 7.85. The molecule has 1 aromatic carbocycles. The molecule has 19 heavy (non-hydrogen) atoms. The quantitative estimate of drug-likeness (QED) is 0.658. The van der Waals surface area contributed by atoms with Crippen molar-refractivity contribution < 1.29 is 9.47 Å². The zero-order valence-corrected chi connectivity index (χ0v) is 12.4. The molecule has 0 aliphatic rings. The third-order valence-electron chi connectivity index (χ3n) is 2.80. The first-order valence-corrected chi connectivity index (χ1v) is 7.17. The van der Waals surface area contributed by atoms with E-state index < -0.39 is 0 Å². The third-order valence-corrected chi connectivity index (χ3v) is 2.80. The summed E-state index contributed by atoms with van der Waals surface area (Å²) in [6.45, 7) is 6.92. The van der Waals surface area contributed by atoms with Crippen LogP contribution in [0.4, 0.5) is 0 Å². The smallest absolute Gasteiger partial charge is 0.120 e. The molecule has 1 rings (SSSR count). The zero-order valence-electron chi connectivity index (χ0n) is 12.4. The van der Waals surface area contributed by atoms with Crippen molar-refractivity contribution >= 4 is 0 Å². The fraction of sp³-hybridized carbons (Fsp3) is 0.625. The van der Waals surface area contributed by atoms with E-state index >= 15 is 0 Å². The standard InChI is InChI=1S/C16H27NO2/c1-14(2)19-16-9-7-8-15(12-16)13-17-10-5-4-6-11-18-3/h7-9,12,14,17H,4-6,10-11,13H2,1-3H3. The summed E-state index contributed by atoms with van der Waals surface area (Å²) in [6, 6.07) is 8.30. The maximum absolute atomic E-state index is 5.68. The molecule has 1 aromatic rings. The van der Waals surface area contributed by atoms with Crippen LogP contribution in [0.3, 0.4) is 0 Å². The van der Waals surface area contributed by atoms with Crippen molar-refractivity contribution in [1.29, 1.82) is 0 Å². The first-order chi connectivity index (χ1) is 9.22. The monoisotopic (exact) mass is 265 g/mol. The van der Waals surface area contributed by atoms with Crippen molar-refractivity contribution in [3.63, 3.8) is 0 Å². The van der Waals surface area contributed by atoms with Crippen molar-refractivity contribution in [1.82, 2.24) is 5.32 Å². The Bertz CT molecular complexity index is 339. The Balaban J connectivity index is 2.18. The van der Waals surface area contributed by atoms with Gasteiger partial charge in [0.25, 0.3) is 0 Å². The summed E-state index contributed by atoms with van der Waals surface area (Å²) in [5.41, 5.74) is 1.27. The summed E-state index contributed by atoms with van der Waals surface area (Å²) < 4.78 is 10.7. The van der Waals surface area contributed by atoms with Gasteiger partial charge in [-0.15, -0.1) is 0 Å². The van der Waals surface area contributed by atoms with Crippen LogP contribution in [0.25, 0.3) is 0 Å². The predicted molar refractivity (Wildman–Crippen MR) is 79.6 cm³/mol. The molecule has 0 fully saturated rings. The summed E-state index contributed by atoms with van der Waals surface area (Å²) in [5, 5.41) is 3.46. The van der Waals surface area contributed by atoms with E-state index in [1.54, 1.807) is 7.11 Å². The first-order valence-electron chi connectivity index (χ1n) is 7.17. The lowest BCUT2D eigenvalue weighted by molar-refractivity contribution is 0.192. The highest BCUT2D eigenvalue weighted by Gasteiger charge is 1.99. The SMILES string of the molecule is COCCCCCNCc1cccc(OC(C)C)c1. The fourth-order valence-electron chi connectivity index (χ4n) is 1.91. The van der Waals surface area contributed by atoms with Gasteiger partial charge in [-0.1, -0.05) is 12.1 Å². The second kappa shape index (κ2) is 9.82. The van der Waals surface area contributed by atoms with Crippen molar-refractivity contribution in [2.75, 3.05) is 20.3 Å². The van der Waals surface area contributed by atoms with Gasteiger partial charge in [0.15, 0.2) is 0 Å². The Labute approximate surface area is 117 Å². The predicted octanol–water partition coefficient (Wildman–Crippen LogP) is 3.38. The van der Waals surface area contributed by atoms with Gasteiger partial charge in [-0.05, 0) is 57.4 Å². The Kier molecular flexibility index (Phi) is 8.26. The minimum absolute atomic E-state index is 0.226. The van der Waals surface area contributed by atoms with Gasteiger partial charge >= 0.3 is 0 Å². The van der Waals surface area contributed by atoms with E-state index in [-0.39, 0.29) is 6.10 Å². The van der Waals surface area contributed by atoms with Crippen molar-refractivity contribution in [3.05, 3.63) is 29.8 Å². The lowest BCUT2D eigenvalue weighted by atomic mass is 10.2. The van der Waals surface area contributed by atoms with Gasteiger partial charge in [0.2, 0.25) is 0 Å². The Hall–Kier alpha value is -1.06. The topological polar surface area (TPSA) is 30.5 Å². The van der Waals surface area contributed by atoms with E-state index in [0.29, 0.717) is 0 Å². The Morgan fingerprint density at radius 3 is 2.74 bits per heavy atom. The van der Waals surface area contributed by atoms with Gasteiger partial charge in [-0.2, -0.15) is 0 Å². The summed E-state index contributed by atoms with van der Waals surface area (Å²) >= 11 is 0. The van der Waals surface area contributed by atoms with E-state index in [0.717, 1.165) is 31.9 Å². The summed E-state index contributed by atoms with van der Waals surface area (Å²) in [6.07, 6.45) is 3.79. The number of rotatable bonds is 10. The molecule has 1 N–H and O–H groups in total. The van der Waals surface area contributed by atoms with Crippen LogP contribution in [0.1, 0.15) is 38.7 Å². The van der Waals surface area contributed by atoms with Gasteiger partial charge < -0.3 is 14.8 Å². The highest BCUT2D eigenvalue weighted by atomic mass is 16.5. The van der Waals surface area contributed by atoms with Crippen LogP contribution < -0.4 is 10.1 Å². The van der Waals surface area contributed by atoms with Crippen LogP contribution in [-0.2, 0) is 11.3 Å². The molecule has 0 radical (unpaired) electrons. The van der Waals surface area contributed by atoms with Crippen LogP contribution in [-0.4, -0.2) is 26.4 Å². The first kappa shape index (κ1) is 16.0. The maximum Gasteiger partial charge on any atom is 0.120 e. The van der Waals surface area contributed by atoms with E-state index in [4.69, 9.17) is 9.47 Å². The van der Waals surface area contributed by atoms with Gasteiger partial charge in [0, 0.05) is 20.3 Å². The van der Waals surface area contributed by atoms with Crippen molar-refractivity contribution in [2.45, 2.75) is 45.8 Å². The van der Waals surface area contributed by atoms with Crippen molar-refractivity contribution in [3.8, 4) is 5.75 Å². The summed E-state index contributed by atoms with van der Waals surface area (Å²) in [7, 11) is 1.75. The molecule has 0 saturated heterocycles. The minimum atomic E-state index is 0.226. The molecule has 0 saturated carbocycles. The highest BCUT2D eigenvalue weighted by Crippen LogP contribution is 2.14. The molecule has 3 nitrogen and oxygen atoms in total. The molecular weight excluding hydrogens is 238 g/mol. The Morgan fingerprint density at radius 2 is 2.00 bits per heavy atom. The lowest BCUT2D eigenvalue weighted by Gasteiger charge is -2.11. The number of nitrogens with one attached hydrogen (secondary N) is 1. The molecule has 0 aliphatic carbocycles. The van der Waals surface area contributed by atoms with Gasteiger partial charge in [0.1, 0.15) is 5.75 Å². The molecule has 0 spiro atoms. The molecule has 108 valence electrons. The molecule has 0 aliphatic heterocycles. The molecule has 0 bridgehead atoms. The molecule has 0 amide bonds. The molecule has 0 unspecified atom stereocenters. The summed E-state index contributed by atoms with van der Waals surface area (Å²) in [4.78, 5) is 0. The Morgan fingerprint density at radius 1 is 1.16 bits per heavy atom. The van der Waals surface area contributed by atoms with Crippen molar-refractivity contribution in [2.24, 2.45) is 0 Å². The average Bonchev–Trinajstić information content (AvgIpc) is 2.37. The minimum Gasteiger partial charge on any atom is -0.491 e. The second-order valence-electron chi connectivity index (χ2n) is 5.04. The van der Waals surface area contributed by atoms with Gasteiger partial charge in [0.05, 0.1) is 6.10 Å². The van der Waals surface area contributed by atoms with Crippen LogP contribution in [0.15, 0.2) is 24.3 Å². The molecule has 0 aromatic heterocycles. The van der Waals surface area contributed by atoms with Gasteiger partial charge in [-0.25, -0.2) is 0 Å². The van der Waals surface area contributed by atoms with Crippen LogP contribution in [0.2, 0.25) is 0 Å². The van der Waals surface area contributed by atoms with Crippen LogP contribution in [0, 0.1) is 0 Å². The average molecular weight is 265 g/mol. The normalized spacial score (nSPS) is 10.9. The van der Waals surface area contributed by atoms with Crippen LogP contribution >= 0.6 is 0 Å².